The predicted molar refractivity (Wildman–Crippen MR) is 48.7 cm³/mol. The van der Waals surface area contributed by atoms with Crippen LogP contribution < -0.4 is 0 Å². The van der Waals surface area contributed by atoms with Crippen molar-refractivity contribution in [3.8, 4) is 0 Å². The molecule has 4 nitrogen and oxygen atoms in total. The second kappa shape index (κ2) is 4.58. The highest BCUT2D eigenvalue weighted by molar-refractivity contribution is 5.73. The van der Waals surface area contributed by atoms with Crippen LogP contribution in [0.3, 0.4) is 0 Å². The fourth-order valence-electron chi connectivity index (χ4n) is 1.61. The van der Waals surface area contributed by atoms with E-state index in [0.29, 0.717) is 6.04 Å². The van der Waals surface area contributed by atoms with Gasteiger partial charge in [0.15, 0.2) is 0 Å². The van der Waals surface area contributed by atoms with Crippen LogP contribution in [0.5, 0.6) is 0 Å². The zero-order chi connectivity index (χ0) is 9.84. The molecule has 0 amide bonds. The minimum atomic E-state index is -0.782. The van der Waals surface area contributed by atoms with Crippen LogP contribution in [0.4, 0.5) is 0 Å². The smallest absolute Gasteiger partial charge is 0.323 e. The van der Waals surface area contributed by atoms with E-state index >= 15 is 0 Å². The van der Waals surface area contributed by atoms with Gasteiger partial charge >= 0.3 is 5.97 Å². The number of rotatable bonds is 6. The quantitative estimate of drug-likeness (QED) is 0.660. The topological polar surface area (TPSA) is 49.8 Å². The molecule has 1 aliphatic carbocycles. The van der Waals surface area contributed by atoms with Crippen LogP contribution in [0, 0.1) is 0 Å². The van der Waals surface area contributed by atoms with Gasteiger partial charge in [-0.1, -0.05) is 6.92 Å². The highest BCUT2D eigenvalue weighted by Crippen LogP contribution is 2.28. The van der Waals surface area contributed by atoms with Crippen molar-refractivity contribution in [2.45, 2.75) is 31.8 Å². The first-order valence-electron chi connectivity index (χ1n) is 4.68. The van der Waals surface area contributed by atoms with E-state index in [0.717, 1.165) is 19.4 Å². The lowest BCUT2D eigenvalue weighted by Crippen LogP contribution is -2.45. The number of carboxylic acid groups (broad SMARTS) is 1. The predicted octanol–water partition coefficient (Wildman–Crippen LogP) is 0.570. The van der Waals surface area contributed by atoms with Crippen LogP contribution >= 0.6 is 0 Å². The number of hydrogen-bond acceptors (Lipinski definition) is 3. The average molecular weight is 187 g/mol. The summed E-state index contributed by atoms with van der Waals surface area (Å²) in [7, 11) is 1.54. The van der Waals surface area contributed by atoms with Crippen molar-refractivity contribution in [1.29, 1.82) is 0 Å². The van der Waals surface area contributed by atoms with E-state index in [1.807, 2.05) is 11.8 Å². The second-order valence-corrected chi connectivity index (χ2v) is 3.37. The first kappa shape index (κ1) is 10.5. The maximum Gasteiger partial charge on any atom is 0.323 e. The van der Waals surface area contributed by atoms with Gasteiger partial charge < -0.3 is 9.84 Å². The molecule has 0 aromatic heterocycles. The van der Waals surface area contributed by atoms with Crippen molar-refractivity contribution >= 4 is 5.97 Å². The molecule has 0 aromatic rings. The van der Waals surface area contributed by atoms with Gasteiger partial charge in [0.1, 0.15) is 6.04 Å². The Balaban J connectivity index is 2.53. The van der Waals surface area contributed by atoms with Gasteiger partial charge in [0.25, 0.3) is 0 Å². The van der Waals surface area contributed by atoms with E-state index in [1.165, 1.54) is 7.11 Å². The van der Waals surface area contributed by atoms with Crippen molar-refractivity contribution < 1.29 is 14.6 Å². The Morgan fingerprint density at radius 1 is 1.69 bits per heavy atom. The number of hydrogen-bond donors (Lipinski definition) is 1. The molecule has 0 aliphatic heterocycles. The Morgan fingerprint density at radius 2 is 2.31 bits per heavy atom. The number of aliphatic carboxylic acids is 1. The number of methoxy groups -OCH3 is 1. The highest BCUT2D eigenvalue weighted by atomic mass is 16.5. The summed E-state index contributed by atoms with van der Waals surface area (Å²) >= 11 is 0. The third kappa shape index (κ3) is 2.67. The molecule has 1 saturated carbocycles. The Morgan fingerprint density at radius 3 is 2.62 bits per heavy atom. The first-order chi connectivity index (χ1) is 6.20. The lowest BCUT2D eigenvalue weighted by Gasteiger charge is -2.26. The molecule has 1 unspecified atom stereocenters. The highest BCUT2D eigenvalue weighted by Gasteiger charge is 2.36. The van der Waals surface area contributed by atoms with Crippen molar-refractivity contribution in [1.82, 2.24) is 4.90 Å². The largest absolute Gasteiger partial charge is 0.480 e. The van der Waals surface area contributed by atoms with E-state index in [2.05, 4.69) is 0 Å². The molecule has 13 heavy (non-hydrogen) atoms. The first-order valence-corrected chi connectivity index (χ1v) is 4.68. The molecule has 0 bridgehead atoms. The van der Waals surface area contributed by atoms with Gasteiger partial charge in [0.05, 0.1) is 6.61 Å². The lowest BCUT2D eigenvalue weighted by molar-refractivity contribution is -0.145. The van der Waals surface area contributed by atoms with Gasteiger partial charge in [-0.05, 0) is 19.4 Å². The molecule has 1 atom stereocenters. The zero-order valence-electron chi connectivity index (χ0n) is 8.19. The molecule has 0 radical (unpaired) electrons. The van der Waals surface area contributed by atoms with E-state index in [-0.39, 0.29) is 6.61 Å². The van der Waals surface area contributed by atoms with Gasteiger partial charge in [-0.3, -0.25) is 9.69 Å². The number of ether oxygens (including phenoxy) is 1. The number of likely N-dealkylation sites (N-methyl/N-ethyl adjacent to an activating group) is 1. The summed E-state index contributed by atoms with van der Waals surface area (Å²) in [5.41, 5.74) is 0. The molecule has 1 aliphatic rings. The Bertz CT molecular complexity index is 180. The van der Waals surface area contributed by atoms with Gasteiger partial charge in [0.2, 0.25) is 0 Å². The van der Waals surface area contributed by atoms with Crippen LogP contribution in [-0.4, -0.2) is 48.3 Å². The van der Waals surface area contributed by atoms with Crippen molar-refractivity contribution in [3.05, 3.63) is 0 Å². The summed E-state index contributed by atoms with van der Waals surface area (Å²) in [6.45, 7) is 3.05. The molecule has 0 saturated heterocycles. The summed E-state index contributed by atoms with van der Waals surface area (Å²) in [4.78, 5) is 12.9. The summed E-state index contributed by atoms with van der Waals surface area (Å²) in [6, 6.07) is 0.00347. The average Bonchev–Trinajstić information content (AvgIpc) is 2.88. The second-order valence-electron chi connectivity index (χ2n) is 3.37. The Hall–Kier alpha value is -0.610. The third-order valence-corrected chi connectivity index (χ3v) is 2.39. The summed E-state index contributed by atoms with van der Waals surface area (Å²) in [5.74, 6) is -0.782. The Labute approximate surface area is 78.5 Å². The van der Waals surface area contributed by atoms with Gasteiger partial charge in [-0.2, -0.15) is 0 Å². The van der Waals surface area contributed by atoms with Crippen LogP contribution in [0.2, 0.25) is 0 Å². The standard InChI is InChI=1S/C9H17NO3/c1-3-10(7-4-5-7)8(6-13-2)9(11)12/h7-8H,3-6H2,1-2H3,(H,11,12). The minimum Gasteiger partial charge on any atom is -0.480 e. The molecule has 0 aromatic carbocycles. The molecule has 1 N–H and O–H groups in total. The van der Waals surface area contributed by atoms with Crippen LogP contribution in [0.25, 0.3) is 0 Å². The zero-order valence-corrected chi connectivity index (χ0v) is 8.19. The van der Waals surface area contributed by atoms with E-state index in [9.17, 15) is 4.79 Å². The maximum absolute atomic E-state index is 10.9. The van der Waals surface area contributed by atoms with Crippen LogP contribution in [0.1, 0.15) is 19.8 Å². The van der Waals surface area contributed by atoms with E-state index in [1.54, 1.807) is 0 Å². The van der Waals surface area contributed by atoms with Gasteiger partial charge in [0, 0.05) is 13.2 Å². The molecular weight excluding hydrogens is 170 g/mol. The maximum atomic E-state index is 10.9. The fourth-order valence-corrected chi connectivity index (χ4v) is 1.61. The molecule has 76 valence electrons. The molecule has 1 rings (SSSR count). The van der Waals surface area contributed by atoms with Crippen molar-refractivity contribution in [3.63, 3.8) is 0 Å². The summed E-state index contributed by atoms with van der Waals surface area (Å²) < 4.78 is 4.90. The summed E-state index contributed by atoms with van der Waals surface area (Å²) in [5, 5.41) is 8.96. The fraction of sp³-hybridized carbons (Fsp3) is 0.889. The molecule has 0 heterocycles. The van der Waals surface area contributed by atoms with E-state index in [4.69, 9.17) is 9.84 Å². The van der Waals surface area contributed by atoms with Crippen LogP contribution in [0.15, 0.2) is 0 Å². The number of carboxylic acids is 1. The van der Waals surface area contributed by atoms with Crippen molar-refractivity contribution in [2.75, 3.05) is 20.3 Å². The third-order valence-electron chi connectivity index (χ3n) is 2.39. The van der Waals surface area contributed by atoms with Crippen molar-refractivity contribution in [2.24, 2.45) is 0 Å². The number of carbonyl (C=O) groups is 1. The lowest BCUT2D eigenvalue weighted by atomic mass is 10.2. The molecule has 1 fully saturated rings. The SMILES string of the molecule is CCN(C1CC1)C(COC)C(=O)O. The molecule has 4 heteroatoms. The normalized spacial score (nSPS) is 19.0. The molecule has 0 spiro atoms. The number of nitrogens with zero attached hydrogens (tertiary/aromatic N) is 1. The molecular formula is C9H17NO3. The summed E-state index contributed by atoms with van der Waals surface area (Å²) in [6.07, 6.45) is 2.25. The monoisotopic (exact) mass is 187 g/mol. The van der Waals surface area contributed by atoms with Gasteiger partial charge in [-0.15, -0.1) is 0 Å². The van der Waals surface area contributed by atoms with Crippen LogP contribution in [-0.2, 0) is 9.53 Å². The van der Waals surface area contributed by atoms with Gasteiger partial charge in [-0.25, -0.2) is 0 Å². The minimum absolute atomic E-state index is 0.277. The van der Waals surface area contributed by atoms with E-state index < -0.39 is 12.0 Å². The Kier molecular flexibility index (Phi) is 3.69.